The third-order valence-corrected chi connectivity index (χ3v) is 5.05. The van der Waals surface area contributed by atoms with Crippen LogP contribution in [0.3, 0.4) is 0 Å². The first kappa shape index (κ1) is 16.7. The first-order valence-corrected chi connectivity index (χ1v) is 9.09. The molecule has 1 N–H and O–H groups in total. The molecule has 0 atom stereocenters. The van der Waals surface area contributed by atoms with Crippen molar-refractivity contribution in [1.82, 2.24) is 10.3 Å². The first-order valence-electron chi connectivity index (χ1n) is 8.27. The van der Waals surface area contributed by atoms with E-state index >= 15 is 0 Å². The SMILES string of the molecule is Cc1nc2cc(C(=O)NCCc3ccc(C(C)C)cc3)ccc2s1. The summed E-state index contributed by atoms with van der Waals surface area (Å²) in [6.07, 6.45) is 0.835. The molecule has 0 aliphatic heterocycles. The second kappa shape index (κ2) is 7.14. The normalized spacial score (nSPS) is 11.2. The van der Waals surface area contributed by atoms with Crippen LogP contribution < -0.4 is 5.32 Å². The Kier molecular flexibility index (Phi) is 4.95. The number of carbonyl (C=O) groups is 1. The highest BCUT2D eigenvalue weighted by Crippen LogP contribution is 2.22. The van der Waals surface area contributed by atoms with Crippen LogP contribution in [0.4, 0.5) is 0 Å². The molecule has 1 amide bonds. The van der Waals surface area contributed by atoms with Gasteiger partial charge in [0.2, 0.25) is 0 Å². The van der Waals surface area contributed by atoms with Crippen LogP contribution in [0, 0.1) is 6.92 Å². The summed E-state index contributed by atoms with van der Waals surface area (Å²) in [5.41, 5.74) is 4.15. The Labute approximate surface area is 146 Å². The number of hydrogen-bond acceptors (Lipinski definition) is 3. The minimum atomic E-state index is -0.0404. The van der Waals surface area contributed by atoms with Crippen LogP contribution in [-0.4, -0.2) is 17.4 Å². The number of rotatable bonds is 5. The highest BCUT2D eigenvalue weighted by atomic mass is 32.1. The lowest BCUT2D eigenvalue weighted by molar-refractivity contribution is 0.0954. The molecule has 2 aromatic carbocycles. The van der Waals surface area contributed by atoms with Gasteiger partial charge in [-0.15, -0.1) is 11.3 Å². The number of carbonyl (C=O) groups excluding carboxylic acids is 1. The number of amides is 1. The molecule has 0 aliphatic rings. The van der Waals surface area contributed by atoms with Gasteiger partial charge < -0.3 is 5.32 Å². The summed E-state index contributed by atoms with van der Waals surface area (Å²) in [7, 11) is 0. The number of aromatic nitrogens is 1. The topological polar surface area (TPSA) is 42.0 Å². The molecule has 0 fully saturated rings. The van der Waals surface area contributed by atoms with Crippen LogP contribution in [-0.2, 0) is 6.42 Å². The Morgan fingerprint density at radius 3 is 2.62 bits per heavy atom. The molecule has 0 unspecified atom stereocenters. The second-order valence-electron chi connectivity index (χ2n) is 6.32. The summed E-state index contributed by atoms with van der Waals surface area (Å²) in [4.78, 5) is 16.7. The number of hydrogen-bond donors (Lipinski definition) is 1. The zero-order valence-electron chi connectivity index (χ0n) is 14.3. The second-order valence-corrected chi connectivity index (χ2v) is 7.55. The third kappa shape index (κ3) is 3.82. The molecule has 0 radical (unpaired) electrons. The lowest BCUT2D eigenvalue weighted by Gasteiger charge is -2.08. The molecule has 0 aliphatic carbocycles. The van der Waals surface area contributed by atoms with Crippen molar-refractivity contribution in [1.29, 1.82) is 0 Å². The van der Waals surface area contributed by atoms with E-state index in [4.69, 9.17) is 0 Å². The maximum atomic E-state index is 12.3. The summed E-state index contributed by atoms with van der Waals surface area (Å²) >= 11 is 1.65. The van der Waals surface area contributed by atoms with Gasteiger partial charge >= 0.3 is 0 Å². The van der Waals surface area contributed by atoms with Crippen molar-refractivity contribution in [2.45, 2.75) is 33.1 Å². The zero-order chi connectivity index (χ0) is 17.1. The van der Waals surface area contributed by atoms with E-state index in [9.17, 15) is 4.79 Å². The van der Waals surface area contributed by atoms with Gasteiger partial charge in [0.25, 0.3) is 5.91 Å². The van der Waals surface area contributed by atoms with E-state index < -0.39 is 0 Å². The predicted octanol–water partition coefficient (Wildman–Crippen LogP) is 4.70. The maximum Gasteiger partial charge on any atom is 0.251 e. The molecule has 1 heterocycles. The summed E-state index contributed by atoms with van der Waals surface area (Å²) in [6.45, 7) is 6.99. The molecule has 3 rings (SSSR count). The fraction of sp³-hybridized carbons (Fsp3) is 0.300. The monoisotopic (exact) mass is 338 g/mol. The highest BCUT2D eigenvalue weighted by Gasteiger charge is 2.08. The van der Waals surface area contributed by atoms with Crippen molar-refractivity contribution >= 4 is 27.5 Å². The van der Waals surface area contributed by atoms with E-state index in [0.29, 0.717) is 18.0 Å². The van der Waals surface area contributed by atoms with E-state index in [2.05, 4.69) is 48.4 Å². The minimum absolute atomic E-state index is 0.0404. The van der Waals surface area contributed by atoms with Gasteiger partial charge in [-0.2, -0.15) is 0 Å². The number of fused-ring (bicyclic) bond motifs is 1. The molecule has 4 heteroatoms. The molecular weight excluding hydrogens is 316 g/mol. The average Bonchev–Trinajstić information content (AvgIpc) is 2.94. The molecule has 124 valence electrons. The molecule has 0 spiro atoms. The Morgan fingerprint density at radius 2 is 1.92 bits per heavy atom. The lowest BCUT2D eigenvalue weighted by Crippen LogP contribution is -2.25. The smallest absolute Gasteiger partial charge is 0.251 e. The van der Waals surface area contributed by atoms with Crippen molar-refractivity contribution in [2.75, 3.05) is 6.54 Å². The van der Waals surface area contributed by atoms with E-state index in [1.165, 1.54) is 11.1 Å². The van der Waals surface area contributed by atoms with Crippen molar-refractivity contribution in [3.8, 4) is 0 Å². The maximum absolute atomic E-state index is 12.3. The van der Waals surface area contributed by atoms with Crippen molar-refractivity contribution in [3.05, 3.63) is 64.2 Å². The number of aryl methyl sites for hydroxylation is 1. The summed E-state index contributed by atoms with van der Waals surface area (Å²) < 4.78 is 1.12. The van der Waals surface area contributed by atoms with E-state index in [-0.39, 0.29) is 5.91 Å². The van der Waals surface area contributed by atoms with Crippen molar-refractivity contribution in [2.24, 2.45) is 0 Å². The van der Waals surface area contributed by atoms with Gasteiger partial charge in [0, 0.05) is 12.1 Å². The number of nitrogens with zero attached hydrogens (tertiary/aromatic N) is 1. The van der Waals surface area contributed by atoms with Crippen molar-refractivity contribution < 1.29 is 4.79 Å². The van der Waals surface area contributed by atoms with E-state index in [1.54, 1.807) is 11.3 Å². The van der Waals surface area contributed by atoms with Gasteiger partial charge in [-0.25, -0.2) is 4.98 Å². The number of thiazole rings is 1. The van der Waals surface area contributed by atoms with E-state index in [0.717, 1.165) is 21.6 Å². The standard InChI is InChI=1S/C20H22N2OS/c1-13(2)16-6-4-15(5-7-16)10-11-21-20(23)17-8-9-19-18(12-17)22-14(3)24-19/h4-9,12-13H,10-11H2,1-3H3,(H,21,23). The van der Waals surface area contributed by atoms with Crippen LogP contribution >= 0.6 is 11.3 Å². The Hall–Kier alpha value is -2.20. The molecule has 0 saturated carbocycles. The fourth-order valence-electron chi connectivity index (χ4n) is 2.68. The molecule has 24 heavy (non-hydrogen) atoms. The molecule has 3 nitrogen and oxygen atoms in total. The van der Waals surface area contributed by atoms with Gasteiger partial charge in [0.15, 0.2) is 0 Å². The van der Waals surface area contributed by atoms with E-state index in [1.807, 2.05) is 25.1 Å². The highest BCUT2D eigenvalue weighted by molar-refractivity contribution is 7.18. The Bertz CT molecular complexity index is 850. The van der Waals surface area contributed by atoms with Crippen LogP contribution in [0.1, 0.15) is 46.3 Å². The van der Waals surface area contributed by atoms with Gasteiger partial charge in [0.05, 0.1) is 15.2 Å². The molecule has 0 saturated heterocycles. The zero-order valence-corrected chi connectivity index (χ0v) is 15.1. The van der Waals surface area contributed by atoms with Gasteiger partial charge in [-0.1, -0.05) is 38.1 Å². The van der Waals surface area contributed by atoms with Crippen molar-refractivity contribution in [3.63, 3.8) is 0 Å². The summed E-state index contributed by atoms with van der Waals surface area (Å²) in [5.74, 6) is 0.504. The Balaban J connectivity index is 1.58. The molecule has 0 bridgehead atoms. The summed E-state index contributed by atoms with van der Waals surface area (Å²) in [5, 5.41) is 4.01. The molecule has 3 aromatic rings. The minimum Gasteiger partial charge on any atom is -0.352 e. The van der Waals surface area contributed by atoms with Crippen LogP contribution in [0.2, 0.25) is 0 Å². The quantitative estimate of drug-likeness (QED) is 0.732. The van der Waals surface area contributed by atoms with Gasteiger partial charge in [0.1, 0.15) is 0 Å². The lowest BCUT2D eigenvalue weighted by atomic mass is 10.0. The predicted molar refractivity (Wildman–Crippen MR) is 101 cm³/mol. The first-order chi connectivity index (χ1) is 11.5. The summed E-state index contributed by atoms with van der Waals surface area (Å²) in [6, 6.07) is 14.3. The average molecular weight is 338 g/mol. The largest absolute Gasteiger partial charge is 0.352 e. The number of nitrogens with one attached hydrogen (secondary N) is 1. The third-order valence-electron chi connectivity index (χ3n) is 4.10. The van der Waals surface area contributed by atoms with Crippen LogP contribution in [0.5, 0.6) is 0 Å². The number of benzene rings is 2. The molecule has 1 aromatic heterocycles. The Morgan fingerprint density at radius 1 is 1.17 bits per heavy atom. The van der Waals surface area contributed by atoms with Gasteiger partial charge in [-0.05, 0) is 48.6 Å². The van der Waals surface area contributed by atoms with Crippen LogP contribution in [0.25, 0.3) is 10.2 Å². The fourth-order valence-corrected chi connectivity index (χ4v) is 3.48. The molecular formula is C20H22N2OS. The van der Waals surface area contributed by atoms with Gasteiger partial charge in [-0.3, -0.25) is 4.79 Å². The van der Waals surface area contributed by atoms with Crippen LogP contribution in [0.15, 0.2) is 42.5 Å².